The summed E-state index contributed by atoms with van der Waals surface area (Å²) in [5.41, 5.74) is 0.315. The fourth-order valence-corrected chi connectivity index (χ4v) is 2.15. The smallest absolute Gasteiger partial charge is 0.321 e. The molecule has 2 heterocycles. The first-order valence-corrected chi connectivity index (χ1v) is 6.65. The van der Waals surface area contributed by atoms with Crippen LogP contribution >= 0.6 is 0 Å². The van der Waals surface area contributed by atoms with Gasteiger partial charge in [-0.15, -0.1) is 0 Å². The van der Waals surface area contributed by atoms with Crippen molar-refractivity contribution >= 4 is 22.8 Å². The average Bonchev–Trinajstić information content (AvgIpc) is 2.49. The van der Waals surface area contributed by atoms with E-state index < -0.39 is 23.5 Å². The number of fused-ring (bicyclic) bond motifs is 1. The third kappa shape index (κ3) is 2.88. The van der Waals surface area contributed by atoms with E-state index in [0.717, 1.165) is 6.20 Å². The van der Waals surface area contributed by atoms with E-state index in [0.29, 0.717) is 5.52 Å². The Hall–Kier alpha value is -2.57. The van der Waals surface area contributed by atoms with Crippen molar-refractivity contribution in [3.8, 4) is 5.88 Å². The number of pyridine rings is 2. The van der Waals surface area contributed by atoms with Gasteiger partial charge in [0.15, 0.2) is 0 Å². The lowest BCUT2D eigenvalue weighted by atomic mass is 9.94. The number of nitrogens with zero attached hydrogens (tertiary/aromatic N) is 2. The van der Waals surface area contributed by atoms with Gasteiger partial charge < -0.3 is 9.47 Å². The van der Waals surface area contributed by atoms with Crippen LogP contribution in [0.3, 0.4) is 0 Å². The highest BCUT2D eigenvalue weighted by Gasteiger charge is 2.32. The van der Waals surface area contributed by atoms with Gasteiger partial charge in [-0.05, 0) is 19.9 Å². The Morgan fingerprint density at radius 3 is 2.68 bits per heavy atom. The summed E-state index contributed by atoms with van der Waals surface area (Å²) in [4.78, 5) is 31.9. The molecule has 1 unspecified atom stereocenters. The SMILES string of the molecule is CCOC(=O)C(C(C)=O)c1c(F)cnc2ccc(OC)nc12. The van der Waals surface area contributed by atoms with E-state index in [1.165, 1.54) is 14.0 Å². The fraction of sp³-hybridized carbons (Fsp3) is 0.333. The molecule has 0 spiro atoms. The van der Waals surface area contributed by atoms with Gasteiger partial charge in [-0.25, -0.2) is 9.37 Å². The molecule has 0 aliphatic rings. The molecule has 2 rings (SSSR count). The van der Waals surface area contributed by atoms with Crippen LogP contribution in [0.4, 0.5) is 4.39 Å². The van der Waals surface area contributed by atoms with Gasteiger partial charge in [0, 0.05) is 11.6 Å². The lowest BCUT2D eigenvalue weighted by Gasteiger charge is -2.15. The lowest BCUT2D eigenvalue weighted by molar-refractivity contribution is -0.147. The monoisotopic (exact) mass is 306 g/mol. The van der Waals surface area contributed by atoms with Crippen molar-refractivity contribution in [1.29, 1.82) is 0 Å². The quantitative estimate of drug-likeness (QED) is 0.621. The number of hydrogen-bond acceptors (Lipinski definition) is 6. The number of carbonyl (C=O) groups excluding carboxylic acids is 2. The van der Waals surface area contributed by atoms with Crippen LogP contribution < -0.4 is 4.74 Å². The molecule has 0 saturated carbocycles. The summed E-state index contributed by atoms with van der Waals surface area (Å²) in [6.07, 6.45) is 0.959. The highest BCUT2D eigenvalue weighted by atomic mass is 19.1. The second-order valence-corrected chi connectivity index (χ2v) is 4.54. The molecule has 1 atom stereocenters. The van der Waals surface area contributed by atoms with Crippen molar-refractivity contribution in [3.05, 3.63) is 29.7 Å². The van der Waals surface area contributed by atoms with Gasteiger partial charge >= 0.3 is 5.97 Å². The number of ether oxygens (including phenoxy) is 2. The molecular formula is C15H15FN2O4. The highest BCUT2D eigenvalue weighted by molar-refractivity contribution is 6.06. The molecule has 7 heteroatoms. The van der Waals surface area contributed by atoms with Crippen molar-refractivity contribution in [2.75, 3.05) is 13.7 Å². The van der Waals surface area contributed by atoms with Crippen molar-refractivity contribution in [2.45, 2.75) is 19.8 Å². The van der Waals surface area contributed by atoms with E-state index in [1.54, 1.807) is 19.1 Å². The lowest BCUT2D eigenvalue weighted by Crippen LogP contribution is -2.24. The Labute approximate surface area is 126 Å². The maximum atomic E-state index is 14.3. The third-order valence-electron chi connectivity index (χ3n) is 3.10. The minimum atomic E-state index is -1.38. The molecule has 0 aromatic carbocycles. The van der Waals surface area contributed by atoms with E-state index in [1.807, 2.05) is 0 Å². The van der Waals surface area contributed by atoms with Gasteiger partial charge in [0.05, 0.1) is 25.4 Å². The number of hydrogen-bond donors (Lipinski definition) is 0. The van der Waals surface area contributed by atoms with Gasteiger partial charge in [0.1, 0.15) is 23.0 Å². The Balaban J connectivity index is 2.72. The van der Waals surface area contributed by atoms with Crippen LogP contribution in [-0.4, -0.2) is 35.4 Å². The van der Waals surface area contributed by atoms with Crippen LogP contribution in [0.5, 0.6) is 5.88 Å². The van der Waals surface area contributed by atoms with Crippen molar-refractivity contribution in [3.63, 3.8) is 0 Å². The maximum absolute atomic E-state index is 14.3. The van der Waals surface area contributed by atoms with Crippen molar-refractivity contribution in [1.82, 2.24) is 9.97 Å². The zero-order valence-electron chi connectivity index (χ0n) is 12.4. The molecule has 0 aliphatic heterocycles. The van der Waals surface area contributed by atoms with Crippen LogP contribution in [0, 0.1) is 5.82 Å². The van der Waals surface area contributed by atoms with E-state index in [-0.39, 0.29) is 23.6 Å². The van der Waals surface area contributed by atoms with Crippen molar-refractivity contribution < 1.29 is 23.5 Å². The number of methoxy groups -OCH3 is 1. The van der Waals surface area contributed by atoms with E-state index in [9.17, 15) is 14.0 Å². The zero-order chi connectivity index (χ0) is 16.3. The summed E-state index contributed by atoms with van der Waals surface area (Å²) >= 11 is 0. The van der Waals surface area contributed by atoms with Gasteiger partial charge in [-0.2, -0.15) is 0 Å². The number of aromatic nitrogens is 2. The Morgan fingerprint density at radius 1 is 1.36 bits per heavy atom. The normalized spacial score (nSPS) is 12.0. The van der Waals surface area contributed by atoms with E-state index in [4.69, 9.17) is 9.47 Å². The minimum absolute atomic E-state index is 0.0873. The molecule has 116 valence electrons. The summed E-state index contributed by atoms with van der Waals surface area (Å²) in [6, 6.07) is 3.14. The predicted octanol–water partition coefficient (Wildman–Crippen LogP) is 2.01. The highest BCUT2D eigenvalue weighted by Crippen LogP contribution is 2.29. The molecule has 0 aliphatic carbocycles. The minimum Gasteiger partial charge on any atom is -0.481 e. The number of carbonyl (C=O) groups is 2. The average molecular weight is 306 g/mol. The standard InChI is InChI=1S/C15H15FN2O4/c1-4-22-15(20)12(8(2)19)13-9(16)7-17-10-5-6-11(21-3)18-14(10)13/h5-7,12H,4H2,1-3H3. The number of ketones is 1. The molecule has 0 amide bonds. The van der Waals surface area contributed by atoms with Gasteiger partial charge in [-0.1, -0.05) is 0 Å². The third-order valence-corrected chi connectivity index (χ3v) is 3.10. The summed E-state index contributed by atoms with van der Waals surface area (Å²) in [5, 5.41) is 0. The first-order chi connectivity index (χ1) is 10.5. The molecule has 2 aromatic heterocycles. The van der Waals surface area contributed by atoms with E-state index >= 15 is 0 Å². The molecular weight excluding hydrogens is 291 g/mol. The molecule has 0 radical (unpaired) electrons. The molecule has 2 aromatic rings. The molecule has 0 N–H and O–H groups in total. The first-order valence-electron chi connectivity index (χ1n) is 6.65. The number of Topliss-reactive ketones (excluding diaryl/α,β-unsaturated/α-hetero) is 1. The topological polar surface area (TPSA) is 78.4 Å². The fourth-order valence-electron chi connectivity index (χ4n) is 2.15. The number of esters is 1. The Kier molecular flexibility index (Phi) is 4.65. The summed E-state index contributed by atoms with van der Waals surface area (Å²) in [6.45, 7) is 2.90. The van der Waals surface area contributed by atoms with Crippen LogP contribution in [0.25, 0.3) is 11.0 Å². The zero-order valence-corrected chi connectivity index (χ0v) is 12.4. The van der Waals surface area contributed by atoms with E-state index in [2.05, 4.69) is 9.97 Å². The molecule has 0 fully saturated rings. The molecule has 0 saturated heterocycles. The predicted molar refractivity (Wildman–Crippen MR) is 76.1 cm³/mol. The van der Waals surface area contributed by atoms with Crippen LogP contribution in [0.1, 0.15) is 25.3 Å². The molecule has 6 nitrogen and oxygen atoms in total. The van der Waals surface area contributed by atoms with Gasteiger partial charge in [0.25, 0.3) is 0 Å². The Morgan fingerprint density at radius 2 is 2.09 bits per heavy atom. The van der Waals surface area contributed by atoms with Crippen LogP contribution in [0.15, 0.2) is 18.3 Å². The molecule has 22 heavy (non-hydrogen) atoms. The van der Waals surface area contributed by atoms with Crippen LogP contribution in [0.2, 0.25) is 0 Å². The van der Waals surface area contributed by atoms with Crippen LogP contribution in [-0.2, 0) is 14.3 Å². The summed E-state index contributed by atoms with van der Waals surface area (Å²) in [7, 11) is 1.41. The molecule has 0 bridgehead atoms. The number of halogens is 1. The first kappa shape index (κ1) is 15.8. The summed E-state index contributed by atoms with van der Waals surface area (Å²) in [5.74, 6) is -3.29. The second-order valence-electron chi connectivity index (χ2n) is 4.54. The summed E-state index contributed by atoms with van der Waals surface area (Å²) < 4.78 is 24.1. The largest absolute Gasteiger partial charge is 0.481 e. The second kappa shape index (κ2) is 6.46. The van der Waals surface area contributed by atoms with Gasteiger partial charge in [0.2, 0.25) is 5.88 Å². The maximum Gasteiger partial charge on any atom is 0.321 e. The Bertz CT molecular complexity index is 733. The number of rotatable bonds is 5. The van der Waals surface area contributed by atoms with Gasteiger partial charge in [-0.3, -0.25) is 14.6 Å². The van der Waals surface area contributed by atoms with Crippen molar-refractivity contribution in [2.24, 2.45) is 0 Å².